The number of piperazine rings is 1. The molecule has 2 atom stereocenters. The predicted octanol–water partition coefficient (Wildman–Crippen LogP) is 0.112. The molecule has 1 aliphatic heterocycles. The van der Waals surface area contributed by atoms with Gasteiger partial charge in [0.05, 0.1) is 5.60 Å². The van der Waals surface area contributed by atoms with Crippen molar-refractivity contribution in [3.8, 4) is 0 Å². The number of hydrogen-bond acceptors (Lipinski definition) is 4. The highest BCUT2D eigenvalue weighted by molar-refractivity contribution is 4.78. The molecule has 0 aromatic heterocycles. The Morgan fingerprint density at radius 3 is 2.69 bits per heavy atom. The standard InChI is InChI=1S/C12H27N3O/c1-11-9-15(8-7-14(11)3)6-4-5-12(2,16)10-13/h11,16H,4-10,13H2,1-3H3. The van der Waals surface area contributed by atoms with E-state index >= 15 is 0 Å². The summed E-state index contributed by atoms with van der Waals surface area (Å²) in [5.41, 5.74) is 4.81. The molecule has 1 saturated heterocycles. The third-order valence-electron chi connectivity index (χ3n) is 3.67. The molecule has 96 valence electrons. The fourth-order valence-electron chi connectivity index (χ4n) is 2.11. The molecule has 16 heavy (non-hydrogen) atoms. The summed E-state index contributed by atoms with van der Waals surface area (Å²) in [6.07, 6.45) is 1.82. The summed E-state index contributed by atoms with van der Waals surface area (Å²) >= 11 is 0. The van der Waals surface area contributed by atoms with Gasteiger partial charge in [0.2, 0.25) is 0 Å². The molecular formula is C12H27N3O. The average Bonchev–Trinajstić information content (AvgIpc) is 2.23. The molecule has 1 heterocycles. The fourth-order valence-corrected chi connectivity index (χ4v) is 2.11. The van der Waals surface area contributed by atoms with Crippen LogP contribution >= 0.6 is 0 Å². The molecule has 1 rings (SSSR count). The van der Waals surface area contributed by atoms with E-state index in [0.717, 1.165) is 39.0 Å². The van der Waals surface area contributed by atoms with Crippen molar-refractivity contribution in [2.24, 2.45) is 5.73 Å². The molecule has 4 nitrogen and oxygen atoms in total. The van der Waals surface area contributed by atoms with Crippen LogP contribution in [-0.2, 0) is 0 Å². The van der Waals surface area contributed by atoms with Crippen LogP contribution in [0.25, 0.3) is 0 Å². The Bertz CT molecular complexity index is 208. The Balaban J connectivity index is 2.19. The molecule has 1 aliphatic rings. The highest BCUT2D eigenvalue weighted by Gasteiger charge is 2.22. The molecule has 0 amide bonds. The van der Waals surface area contributed by atoms with Crippen molar-refractivity contribution in [3.05, 3.63) is 0 Å². The zero-order chi connectivity index (χ0) is 12.2. The van der Waals surface area contributed by atoms with Gasteiger partial charge in [-0.25, -0.2) is 0 Å². The third kappa shape index (κ3) is 4.37. The van der Waals surface area contributed by atoms with E-state index in [2.05, 4.69) is 23.8 Å². The Morgan fingerprint density at radius 1 is 1.44 bits per heavy atom. The first-order valence-corrected chi connectivity index (χ1v) is 6.29. The van der Waals surface area contributed by atoms with Crippen molar-refractivity contribution >= 4 is 0 Å². The predicted molar refractivity (Wildman–Crippen MR) is 67.4 cm³/mol. The second-order valence-electron chi connectivity index (χ2n) is 5.43. The molecule has 0 spiro atoms. The maximum absolute atomic E-state index is 9.79. The SMILES string of the molecule is CC1CN(CCCC(C)(O)CN)CCN1C. The maximum atomic E-state index is 9.79. The van der Waals surface area contributed by atoms with E-state index in [-0.39, 0.29) is 0 Å². The lowest BCUT2D eigenvalue weighted by Crippen LogP contribution is -2.50. The van der Waals surface area contributed by atoms with Gasteiger partial charge >= 0.3 is 0 Å². The highest BCUT2D eigenvalue weighted by atomic mass is 16.3. The minimum atomic E-state index is -0.682. The summed E-state index contributed by atoms with van der Waals surface area (Å²) in [6, 6.07) is 0.642. The van der Waals surface area contributed by atoms with Crippen LogP contribution in [0.3, 0.4) is 0 Å². The van der Waals surface area contributed by atoms with E-state index in [1.54, 1.807) is 0 Å². The van der Waals surface area contributed by atoms with Gasteiger partial charge in [-0.2, -0.15) is 0 Å². The van der Waals surface area contributed by atoms with Crippen molar-refractivity contribution in [2.75, 3.05) is 39.8 Å². The zero-order valence-electron chi connectivity index (χ0n) is 10.9. The molecule has 4 heteroatoms. The Kier molecular flexibility index (Phi) is 5.18. The summed E-state index contributed by atoms with van der Waals surface area (Å²) in [4.78, 5) is 4.88. The van der Waals surface area contributed by atoms with Crippen LogP contribution < -0.4 is 5.73 Å². The van der Waals surface area contributed by atoms with Gasteiger partial charge in [-0.1, -0.05) is 0 Å². The third-order valence-corrected chi connectivity index (χ3v) is 3.67. The number of nitrogens with zero attached hydrogens (tertiary/aromatic N) is 2. The van der Waals surface area contributed by atoms with Gasteiger partial charge in [-0.3, -0.25) is 0 Å². The van der Waals surface area contributed by atoms with E-state index in [1.165, 1.54) is 0 Å². The minimum absolute atomic E-state index is 0.353. The van der Waals surface area contributed by atoms with Crippen LogP contribution in [0.15, 0.2) is 0 Å². The smallest absolute Gasteiger partial charge is 0.0741 e. The summed E-state index contributed by atoms with van der Waals surface area (Å²) in [5, 5.41) is 9.79. The van der Waals surface area contributed by atoms with Gasteiger partial charge in [0, 0.05) is 32.2 Å². The van der Waals surface area contributed by atoms with E-state index in [4.69, 9.17) is 5.73 Å². The second kappa shape index (κ2) is 5.96. The van der Waals surface area contributed by atoms with Crippen LogP contribution in [0.1, 0.15) is 26.7 Å². The first kappa shape index (κ1) is 13.9. The van der Waals surface area contributed by atoms with E-state index in [0.29, 0.717) is 12.6 Å². The van der Waals surface area contributed by atoms with Crippen LogP contribution in [-0.4, -0.2) is 66.3 Å². The summed E-state index contributed by atoms with van der Waals surface area (Å²) in [6.45, 7) is 8.95. The van der Waals surface area contributed by atoms with Crippen LogP contribution in [0.5, 0.6) is 0 Å². The Morgan fingerprint density at radius 2 is 2.12 bits per heavy atom. The van der Waals surface area contributed by atoms with Crippen molar-refractivity contribution < 1.29 is 5.11 Å². The van der Waals surface area contributed by atoms with E-state index < -0.39 is 5.60 Å². The number of likely N-dealkylation sites (N-methyl/N-ethyl adjacent to an activating group) is 1. The van der Waals surface area contributed by atoms with Crippen molar-refractivity contribution in [2.45, 2.75) is 38.3 Å². The maximum Gasteiger partial charge on any atom is 0.0741 e. The van der Waals surface area contributed by atoms with E-state index in [1.807, 2.05) is 6.92 Å². The molecule has 0 saturated carbocycles. The summed E-state index contributed by atoms with van der Waals surface area (Å²) in [7, 11) is 2.18. The van der Waals surface area contributed by atoms with Gasteiger partial charge in [0.15, 0.2) is 0 Å². The second-order valence-corrected chi connectivity index (χ2v) is 5.43. The molecular weight excluding hydrogens is 202 g/mol. The lowest BCUT2D eigenvalue weighted by molar-refractivity contribution is 0.0486. The molecule has 3 N–H and O–H groups in total. The Labute approximate surface area is 99.4 Å². The minimum Gasteiger partial charge on any atom is -0.389 e. The summed E-state index contributed by atoms with van der Waals surface area (Å²) in [5.74, 6) is 0. The Hall–Kier alpha value is -0.160. The van der Waals surface area contributed by atoms with Crippen molar-refractivity contribution in [1.29, 1.82) is 0 Å². The van der Waals surface area contributed by atoms with Crippen LogP contribution in [0.4, 0.5) is 0 Å². The molecule has 2 unspecified atom stereocenters. The van der Waals surface area contributed by atoms with Gasteiger partial charge in [0.1, 0.15) is 0 Å². The number of hydrogen-bond donors (Lipinski definition) is 2. The average molecular weight is 229 g/mol. The highest BCUT2D eigenvalue weighted by Crippen LogP contribution is 2.12. The van der Waals surface area contributed by atoms with Crippen molar-refractivity contribution in [1.82, 2.24) is 9.80 Å². The van der Waals surface area contributed by atoms with E-state index in [9.17, 15) is 5.11 Å². The van der Waals surface area contributed by atoms with Gasteiger partial charge < -0.3 is 20.6 Å². The van der Waals surface area contributed by atoms with Crippen molar-refractivity contribution in [3.63, 3.8) is 0 Å². The van der Waals surface area contributed by atoms with Crippen LogP contribution in [0.2, 0.25) is 0 Å². The molecule has 1 fully saturated rings. The largest absolute Gasteiger partial charge is 0.389 e. The van der Waals surface area contributed by atoms with Crippen LogP contribution in [0, 0.1) is 0 Å². The molecule has 0 aromatic carbocycles. The quantitative estimate of drug-likeness (QED) is 0.703. The molecule has 0 aliphatic carbocycles. The molecule has 0 bridgehead atoms. The monoisotopic (exact) mass is 229 g/mol. The normalized spacial score (nSPS) is 27.9. The lowest BCUT2D eigenvalue weighted by atomic mass is 10.0. The van der Waals surface area contributed by atoms with Gasteiger partial charge in [0.25, 0.3) is 0 Å². The molecule has 0 radical (unpaired) electrons. The summed E-state index contributed by atoms with van der Waals surface area (Å²) < 4.78 is 0. The number of aliphatic hydroxyl groups is 1. The van der Waals surface area contributed by atoms with Gasteiger partial charge in [-0.15, -0.1) is 0 Å². The topological polar surface area (TPSA) is 52.7 Å². The fraction of sp³-hybridized carbons (Fsp3) is 1.00. The van der Waals surface area contributed by atoms with Gasteiger partial charge in [-0.05, 0) is 40.3 Å². The number of rotatable bonds is 5. The zero-order valence-corrected chi connectivity index (χ0v) is 10.9. The first-order valence-electron chi connectivity index (χ1n) is 6.29. The molecule has 0 aromatic rings. The number of nitrogens with two attached hydrogens (primary N) is 1. The lowest BCUT2D eigenvalue weighted by Gasteiger charge is -2.38. The first-order chi connectivity index (χ1) is 7.44.